The lowest BCUT2D eigenvalue weighted by Crippen LogP contribution is -2.28. The number of carbonyl (C=O) groups excluding carboxylic acids is 1. The average molecular weight is 376 g/mol. The van der Waals surface area contributed by atoms with E-state index in [1.807, 2.05) is 30.3 Å². The number of ether oxygens (including phenoxy) is 1. The first-order valence-electron chi connectivity index (χ1n) is 8.62. The number of hydrogen-bond acceptors (Lipinski definition) is 5. The number of aromatic hydroxyl groups is 1. The van der Waals surface area contributed by atoms with E-state index in [0.717, 1.165) is 5.69 Å². The van der Waals surface area contributed by atoms with Crippen molar-refractivity contribution in [1.82, 2.24) is 5.32 Å². The minimum Gasteiger partial charge on any atom is -0.504 e. The summed E-state index contributed by atoms with van der Waals surface area (Å²) in [7, 11) is 1.47. The van der Waals surface area contributed by atoms with Crippen molar-refractivity contribution in [2.75, 3.05) is 12.4 Å². The van der Waals surface area contributed by atoms with Gasteiger partial charge >= 0.3 is 6.03 Å². The van der Waals surface area contributed by atoms with Crippen molar-refractivity contribution in [3.8, 4) is 11.5 Å². The highest BCUT2D eigenvalue weighted by Crippen LogP contribution is 2.29. The zero-order chi connectivity index (χ0) is 19.8. The van der Waals surface area contributed by atoms with Crippen molar-refractivity contribution < 1.29 is 14.6 Å². The van der Waals surface area contributed by atoms with Gasteiger partial charge in [-0.3, -0.25) is 0 Å². The molecule has 0 aliphatic heterocycles. The molecule has 0 radical (unpaired) electrons. The minimum absolute atomic E-state index is 0.0124. The Labute approximate surface area is 162 Å². The third-order valence-corrected chi connectivity index (χ3v) is 3.90. The number of anilines is 1. The Balaban J connectivity index is 1.54. The fourth-order valence-corrected chi connectivity index (χ4v) is 2.45. The van der Waals surface area contributed by atoms with E-state index in [1.54, 1.807) is 42.5 Å². The second-order valence-electron chi connectivity index (χ2n) is 5.86. The average Bonchev–Trinajstić information content (AvgIpc) is 2.73. The van der Waals surface area contributed by atoms with E-state index in [1.165, 1.54) is 7.11 Å². The highest BCUT2D eigenvalue weighted by molar-refractivity contribution is 5.89. The van der Waals surface area contributed by atoms with Crippen LogP contribution < -0.4 is 15.4 Å². The summed E-state index contributed by atoms with van der Waals surface area (Å²) >= 11 is 0. The molecule has 0 aliphatic rings. The number of nitrogens with zero attached hydrogens (tertiary/aromatic N) is 2. The van der Waals surface area contributed by atoms with Crippen LogP contribution in [0.15, 0.2) is 83.0 Å². The molecular formula is C21H20N4O3. The Kier molecular flexibility index (Phi) is 6.20. The monoisotopic (exact) mass is 376 g/mol. The number of azo groups is 1. The Morgan fingerprint density at radius 2 is 1.61 bits per heavy atom. The third-order valence-electron chi connectivity index (χ3n) is 3.90. The van der Waals surface area contributed by atoms with Crippen LogP contribution in [0.25, 0.3) is 0 Å². The molecule has 3 aromatic rings. The number of urea groups is 1. The first kappa shape index (κ1) is 18.9. The standard InChI is InChI=1S/C21H20N4O3/c1-28-19-9-5-6-15(20(19)26)14-22-21(27)23-16-10-12-18(13-11-16)25-24-17-7-3-2-4-8-17/h2-13,26H,14H2,1H3,(H2,22,23,27). The van der Waals surface area contributed by atoms with Crippen molar-refractivity contribution in [2.45, 2.75) is 6.54 Å². The molecule has 0 fully saturated rings. The number of phenolic OH excluding ortho intramolecular Hbond substituents is 1. The van der Waals surface area contributed by atoms with Gasteiger partial charge in [0.1, 0.15) is 0 Å². The number of benzene rings is 3. The van der Waals surface area contributed by atoms with Crippen molar-refractivity contribution in [3.63, 3.8) is 0 Å². The highest BCUT2D eigenvalue weighted by Gasteiger charge is 2.08. The summed E-state index contributed by atoms with van der Waals surface area (Å²) in [6, 6.07) is 21.2. The molecule has 0 aromatic heterocycles. The Hall–Kier alpha value is -3.87. The molecule has 0 spiro atoms. The molecule has 142 valence electrons. The molecule has 3 N–H and O–H groups in total. The van der Waals surface area contributed by atoms with Crippen molar-refractivity contribution >= 4 is 23.1 Å². The number of methoxy groups -OCH3 is 1. The molecule has 7 nitrogen and oxygen atoms in total. The molecule has 0 saturated carbocycles. The van der Waals surface area contributed by atoms with E-state index in [-0.39, 0.29) is 18.3 Å². The van der Waals surface area contributed by atoms with Gasteiger partial charge in [-0.2, -0.15) is 10.2 Å². The smallest absolute Gasteiger partial charge is 0.319 e. The molecular weight excluding hydrogens is 356 g/mol. The Morgan fingerprint density at radius 1 is 0.929 bits per heavy atom. The lowest BCUT2D eigenvalue weighted by atomic mass is 10.2. The normalized spacial score (nSPS) is 10.6. The second kappa shape index (κ2) is 9.18. The van der Waals surface area contributed by atoms with E-state index >= 15 is 0 Å². The molecule has 7 heteroatoms. The van der Waals surface area contributed by atoms with Crippen molar-refractivity contribution in [3.05, 3.63) is 78.4 Å². The summed E-state index contributed by atoms with van der Waals surface area (Å²) in [5.74, 6) is 0.374. The predicted octanol–water partition coefficient (Wildman–Crippen LogP) is 5.14. The summed E-state index contributed by atoms with van der Waals surface area (Å²) in [4.78, 5) is 12.1. The summed E-state index contributed by atoms with van der Waals surface area (Å²) in [6.07, 6.45) is 0. The van der Waals surface area contributed by atoms with Gasteiger partial charge in [-0.25, -0.2) is 4.79 Å². The Bertz CT molecular complexity index is 957. The summed E-state index contributed by atoms with van der Waals surface area (Å²) in [5.41, 5.74) is 2.62. The van der Waals surface area contributed by atoms with E-state index in [0.29, 0.717) is 22.7 Å². The van der Waals surface area contributed by atoms with Crippen LogP contribution in [0.1, 0.15) is 5.56 Å². The van der Waals surface area contributed by atoms with Gasteiger partial charge < -0.3 is 20.5 Å². The van der Waals surface area contributed by atoms with E-state index < -0.39 is 0 Å². The van der Waals surface area contributed by atoms with Crippen LogP contribution in [0.5, 0.6) is 11.5 Å². The topological polar surface area (TPSA) is 95.3 Å². The molecule has 3 aromatic carbocycles. The van der Waals surface area contributed by atoms with Gasteiger partial charge in [-0.15, -0.1) is 0 Å². The number of rotatable bonds is 6. The van der Waals surface area contributed by atoms with Crippen LogP contribution in [0.3, 0.4) is 0 Å². The lowest BCUT2D eigenvalue weighted by molar-refractivity contribution is 0.251. The van der Waals surface area contributed by atoms with Crippen molar-refractivity contribution in [1.29, 1.82) is 0 Å². The van der Waals surface area contributed by atoms with Gasteiger partial charge in [-0.05, 0) is 42.5 Å². The van der Waals surface area contributed by atoms with Gasteiger partial charge in [0.05, 0.1) is 18.5 Å². The Morgan fingerprint density at radius 3 is 2.29 bits per heavy atom. The number of amides is 2. The van der Waals surface area contributed by atoms with Crippen LogP contribution in [-0.2, 0) is 6.54 Å². The van der Waals surface area contributed by atoms with Crippen LogP contribution in [0, 0.1) is 0 Å². The van der Waals surface area contributed by atoms with Crippen molar-refractivity contribution in [2.24, 2.45) is 10.2 Å². The first-order chi connectivity index (χ1) is 13.7. The zero-order valence-corrected chi connectivity index (χ0v) is 15.3. The zero-order valence-electron chi connectivity index (χ0n) is 15.3. The summed E-state index contributed by atoms with van der Waals surface area (Å²) < 4.78 is 5.05. The lowest BCUT2D eigenvalue weighted by Gasteiger charge is -2.11. The molecule has 0 saturated heterocycles. The molecule has 0 heterocycles. The van der Waals surface area contributed by atoms with Crippen LogP contribution in [0.4, 0.5) is 21.9 Å². The maximum atomic E-state index is 12.1. The fourth-order valence-electron chi connectivity index (χ4n) is 2.45. The maximum Gasteiger partial charge on any atom is 0.319 e. The van der Waals surface area contributed by atoms with Gasteiger partial charge in [-0.1, -0.05) is 30.3 Å². The molecule has 2 amide bonds. The first-order valence-corrected chi connectivity index (χ1v) is 8.62. The summed E-state index contributed by atoms with van der Waals surface area (Å²) in [5, 5.41) is 23.8. The van der Waals surface area contributed by atoms with Gasteiger partial charge in [0, 0.05) is 17.8 Å². The molecule has 0 aliphatic carbocycles. The molecule has 0 unspecified atom stereocenters. The van der Waals surface area contributed by atoms with E-state index in [9.17, 15) is 9.90 Å². The number of carbonyl (C=O) groups is 1. The SMILES string of the molecule is COc1cccc(CNC(=O)Nc2ccc(N=Nc3ccccc3)cc2)c1O. The number of nitrogens with one attached hydrogen (secondary N) is 2. The number of hydrogen-bond donors (Lipinski definition) is 3. The third kappa shape index (κ3) is 5.07. The van der Waals surface area contributed by atoms with Crippen LogP contribution >= 0.6 is 0 Å². The minimum atomic E-state index is -0.388. The van der Waals surface area contributed by atoms with Crippen LogP contribution in [0.2, 0.25) is 0 Å². The number of phenols is 1. The molecule has 0 bridgehead atoms. The summed E-state index contributed by atoms with van der Waals surface area (Å²) in [6.45, 7) is 0.165. The largest absolute Gasteiger partial charge is 0.504 e. The second-order valence-corrected chi connectivity index (χ2v) is 5.86. The van der Waals surface area contributed by atoms with Gasteiger partial charge in [0.25, 0.3) is 0 Å². The molecule has 0 atom stereocenters. The predicted molar refractivity (Wildman–Crippen MR) is 108 cm³/mol. The van der Waals surface area contributed by atoms with E-state index in [4.69, 9.17) is 4.74 Å². The molecule has 28 heavy (non-hydrogen) atoms. The quantitative estimate of drug-likeness (QED) is 0.520. The van der Waals surface area contributed by atoms with Crippen LogP contribution in [-0.4, -0.2) is 18.2 Å². The fraction of sp³-hybridized carbons (Fsp3) is 0.0952. The number of para-hydroxylation sites is 1. The highest BCUT2D eigenvalue weighted by atomic mass is 16.5. The van der Waals surface area contributed by atoms with E-state index in [2.05, 4.69) is 20.9 Å². The van der Waals surface area contributed by atoms with Gasteiger partial charge in [0.2, 0.25) is 0 Å². The molecule has 3 rings (SSSR count). The van der Waals surface area contributed by atoms with Gasteiger partial charge in [0.15, 0.2) is 11.5 Å². The maximum absolute atomic E-state index is 12.1.